The lowest BCUT2D eigenvalue weighted by Crippen LogP contribution is -2.12. The Morgan fingerprint density at radius 3 is 2.61 bits per heavy atom. The fourth-order valence-corrected chi connectivity index (χ4v) is 2.50. The van der Waals surface area contributed by atoms with Crippen LogP contribution >= 0.6 is 0 Å². The first-order valence-corrected chi connectivity index (χ1v) is 6.29. The summed E-state index contributed by atoms with van der Waals surface area (Å²) in [6, 6.07) is 15.0. The number of anilines is 2. The zero-order chi connectivity index (χ0) is 12.5. The predicted molar refractivity (Wildman–Crippen MR) is 76.0 cm³/mol. The maximum absolute atomic E-state index is 5.28. The van der Waals surface area contributed by atoms with E-state index in [2.05, 4.69) is 48.2 Å². The molecule has 0 aromatic heterocycles. The first kappa shape index (κ1) is 11.1. The van der Waals surface area contributed by atoms with E-state index in [0.29, 0.717) is 0 Å². The number of benzene rings is 2. The Morgan fingerprint density at radius 1 is 1.11 bits per heavy atom. The van der Waals surface area contributed by atoms with Gasteiger partial charge in [0.1, 0.15) is 5.75 Å². The van der Waals surface area contributed by atoms with Crippen molar-refractivity contribution in [3.63, 3.8) is 0 Å². The number of aryl methyl sites for hydroxylation is 1. The Hall–Kier alpha value is -1.96. The highest BCUT2D eigenvalue weighted by atomic mass is 16.5. The summed E-state index contributed by atoms with van der Waals surface area (Å²) in [4.78, 5) is 2.37. The normalized spacial score (nSPS) is 13.6. The van der Waals surface area contributed by atoms with E-state index in [-0.39, 0.29) is 1.43 Å². The van der Waals surface area contributed by atoms with Gasteiger partial charge in [0.25, 0.3) is 0 Å². The summed E-state index contributed by atoms with van der Waals surface area (Å²) in [7, 11) is 1.72. The Balaban J connectivity index is 0.00000133. The smallest absolute Gasteiger partial charge is 0.119 e. The van der Waals surface area contributed by atoms with Crippen molar-refractivity contribution in [1.29, 1.82) is 0 Å². The molecule has 1 aliphatic heterocycles. The van der Waals surface area contributed by atoms with Gasteiger partial charge in [-0.3, -0.25) is 0 Å². The minimum atomic E-state index is 0. The third-order valence-corrected chi connectivity index (χ3v) is 3.53. The third kappa shape index (κ3) is 1.84. The van der Waals surface area contributed by atoms with E-state index in [1.54, 1.807) is 7.11 Å². The maximum Gasteiger partial charge on any atom is 0.119 e. The standard InChI is InChI=1S/C16H17NO.H/c1-12-3-5-14(6-4-12)17-10-9-13-11-15(18-2)7-8-16(13)17;/h3-8,11H,9-10H2,1-2H3;/q;-1/i;1+1. The molecule has 2 heteroatoms. The van der Waals surface area contributed by atoms with Crippen molar-refractivity contribution in [2.75, 3.05) is 18.6 Å². The maximum atomic E-state index is 5.28. The largest absolute Gasteiger partial charge is 1.00 e. The zero-order valence-corrected chi connectivity index (χ0v) is 10.8. The van der Waals surface area contributed by atoms with E-state index in [4.69, 9.17) is 4.74 Å². The Kier molecular flexibility index (Phi) is 2.71. The van der Waals surface area contributed by atoms with E-state index in [1.165, 1.54) is 22.5 Å². The molecule has 0 radical (unpaired) electrons. The van der Waals surface area contributed by atoms with Crippen molar-refractivity contribution in [3.05, 3.63) is 53.6 Å². The molecule has 94 valence electrons. The van der Waals surface area contributed by atoms with E-state index in [0.717, 1.165) is 18.7 Å². The zero-order valence-electron chi connectivity index (χ0n) is 11.8. The number of nitrogens with zero attached hydrogens (tertiary/aromatic N) is 1. The average molecular weight is 241 g/mol. The lowest BCUT2D eigenvalue weighted by molar-refractivity contribution is 0.414. The molecule has 2 aromatic carbocycles. The van der Waals surface area contributed by atoms with Crippen LogP contribution in [0.5, 0.6) is 5.75 Å². The van der Waals surface area contributed by atoms with Crippen LogP contribution in [0.1, 0.15) is 12.6 Å². The second-order valence-electron chi connectivity index (χ2n) is 4.73. The van der Waals surface area contributed by atoms with Gasteiger partial charge in [0.05, 0.1) is 7.11 Å². The summed E-state index contributed by atoms with van der Waals surface area (Å²) in [6.07, 6.45) is 1.08. The van der Waals surface area contributed by atoms with Gasteiger partial charge in [0, 0.05) is 17.9 Å². The second kappa shape index (κ2) is 4.37. The molecule has 0 aliphatic carbocycles. The lowest BCUT2D eigenvalue weighted by Gasteiger charge is -2.19. The number of hydrogen-bond acceptors (Lipinski definition) is 2. The highest BCUT2D eigenvalue weighted by molar-refractivity contribution is 5.70. The average Bonchev–Trinajstić information content (AvgIpc) is 2.82. The van der Waals surface area contributed by atoms with Crippen LogP contribution in [0.15, 0.2) is 42.5 Å². The molecule has 1 aliphatic rings. The van der Waals surface area contributed by atoms with Crippen LogP contribution < -0.4 is 9.64 Å². The number of methoxy groups -OCH3 is 1. The molecular weight excluding hydrogens is 222 g/mol. The molecule has 0 bridgehead atoms. The molecule has 3 rings (SSSR count). The summed E-state index contributed by atoms with van der Waals surface area (Å²) in [5.41, 5.74) is 5.24. The summed E-state index contributed by atoms with van der Waals surface area (Å²) < 4.78 is 5.28. The molecule has 0 amide bonds. The van der Waals surface area contributed by atoms with Crippen molar-refractivity contribution in [3.8, 4) is 5.75 Å². The molecule has 2 aromatic rings. The van der Waals surface area contributed by atoms with Crippen LogP contribution in [0.3, 0.4) is 0 Å². The first-order chi connectivity index (χ1) is 8.78. The molecule has 18 heavy (non-hydrogen) atoms. The summed E-state index contributed by atoms with van der Waals surface area (Å²) in [6.45, 7) is 3.16. The molecule has 0 saturated carbocycles. The van der Waals surface area contributed by atoms with Crippen LogP contribution in [0.4, 0.5) is 11.4 Å². The fraction of sp³-hybridized carbons (Fsp3) is 0.250. The molecule has 0 spiro atoms. The molecule has 0 N–H and O–H groups in total. The molecule has 1 heterocycles. The van der Waals surface area contributed by atoms with Gasteiger partial charge in [-0.2, -0.15) is 0 Å². The monoisotopic (exact) mass is 241 g/mol. The van der Waals surface area contributed by atoms with Gasteiger partial charge in [-0.25, -0.2) is 0 Å². The van der Waals surface area contributed by atoms with Crippen LogP contribution in [-0.4, -0.2) is 13.7 Å². The SMILES string of the molecule is COc1ccc2c(c1)CCN2c1ccc(C)cc1.[2H-]. The number of ether oxygens (including phenoxy) is 1. The molecule has 0 fully saturated rings. The van der Waals surface area contributed by atoms with Gasteiger partial charge in [-0.15, -0.1) is 0 Å². The minimum absolute atomic E-state index is 0. The Bertz CT molecular complexity index is 565. The number of rotatable bonds is 2. The van der Waals surface area contributed by atoms with Crippen LogP contribution in [-0.2, 0) is 6.42 Å². The summed E-state index contributed by atoms with van der Waals surface area (Å²) >= 11 is 0. The summed E-state index contributed by atoms with van der Waals surface area (Å²) in [5, 5.41) is 0. The molecule has 2 nitrogen and oxygen atoms in total. The minimum Gasteiger partial charge on any atom is -1.00 e. The number of fused-ring (bicyclic) bond motifs is 1. The highest BCUT2D eigenvalue weighted by Gasteiger charge is 2.20. The Labute approximate surface area is 109 Å². The summed E-state index contributed by atoms with van der Waals surface area (Å²) in [5.74, 6) is 0.944. The molecule has 0 unspecified atom stereocenters. The lowest BCUT2D eigenvalue weighted by atomic mass is 10.1. The number of hydrogen-bond donors (Lipinski definition) is 0. The highest BCUT2D eigenvalue weighted by Crippen LogP contribution is 2.36. The molecule has 0 atom stereocenters. The van der Waals surface area contributed by atoms with Gasteiger partial charge in [-0.1, -0.05) is 17.7 Å². The fourth-order valence-electron chi connectivity index (χ4n) is 2.50. The first-order valence-electron chi connectivity index (χ1n) is 6.29. The van der Waals surface area contributed by atoms with E-state index in [9.17, 15) is 0 Å². The van der Waals surface area contributed by atoms with E-state index >= 15 is 0 Å². The molecule has 0 saturated heterocycles. The van der Waals surface area contributed by atoms with Gasteiger partial charge in [-0.05, 0) is 49.2 Å². The van der Waals surface area contributed by atoms with Crippen molar-refractivity contribution in [2.45, 2.75) is 13.3 Å². The van der Waals surface area contributed by atoms with E-state index < -0.39 is 0 Å². The molecular formula is C16H18NO-. The van der Waals surface area contributed by atoms with Crippen molar-refractivity contribution < 1.29 is 6.16 Å². The van der Waals surface area contributed by atoms with Gasteiger partial charge in [0.15, 0.2) is 0 Å². The predicted octanol–water partition coefficient (Wildman–Crippen LogP) is 3.81. The van der Waals surface area contributed by atoms with E-state index in [1.807, 2.05) is 6.07 Å². The quantitative estimate of drug-likeness (QED) is 0.792. The van der Waals surface area contributed by atoms with Crippen molar-refractivity contribution >= 4 is 11.4 Å². The third-order valence-electron chi connectivity index (χ3n) is 3.53. The van der Waals surface area contributed by atoms with Gasteiger partial charge >= 0.3 is 0 Å². The van der Waals surface area contributed by atoms with Crippen LogP contribution in [0.2, 0.25) is 0 Å². The Morgan fingerprint density at radius 2 is 1.89 bits per heavy atom. The van der Waals surface area contributed by atoms with Gasteiger partial charge in [0.2, 0.25) is 0 Å². The van der Waals surface area contributed by atoms with Gasteiger partial charge < -0.3 is 11.1 Å². The van der Waals surface area contributed by atoms with Crippen LogP contribution in [0.25, 0.3) is 0 Å². The van der Waals surface area contributed by atoms with Crippen molar-refractivity contribution in [1.82, 2.24) is 0 Å². The van der Waals surface area contributed by atoms with Crippen LogP contribution in [0, 0.1) is 6.92 Å². The second-order valence-corrected chi connectivity index (χ2v) is 4.73. The topological polar surface area (TPSA) is 12.5 Å². The van der Waals surface area contributed by atoms with Crippen molar-refractivity contribution in [2.24, 2.45) is 0 Å².